The lowest BCUT2D eigenvalue weighted by Gasteiger charge is -1.97. The molecule has 0 unspecified atom stereocenters. The third kappa shape index (κ3) is 3.42. The van der Waals surface area contributed by atoms with Crippen LogP contribution in [0.25, 0.3) is 0 Å². The molecule has 0 saturated carbocycles. The van der Waals surface area contributed by atoms with E-state index in [9.17, 15) is 0 Å². The van der Waals surface area contributed by atoms with Crippen LogP contribution in [0.15, 0.2) is 29.4 Å². The first kappa shape index (κ1) is 8.60. The number of nitrogens with zero attached hydrogens (tertiary/aromatic N) is 1. The molecule has 1 heterocycles. The molecule has 0 fully saturated rings. The first-order chi connectivity index (χ1) is 5.43. The standard InChI is InChI=1S/C9H12NS/c1-2-3-7-11-9-5-4-6-10-8-9/h4-6,8H,1-3,7H2. The Kier molecular flexibility index (Phi) is 4.06. The number of unbranched alkanes of at least 4 members (excludes halogenated alkanes) is 1. The van der Waals surface area contributed by atoms with Crippen LogP contribution in [0.4, 0.5) is 0 Å². The number of aromatic nitrogens is 1. The molecule has 0 saturated heterocycles. The summed E-state index contributed by atoms with van der Waals surface area (Å²) in [7, 11) is 0. The molecule has 0 aromatic carbocycles. The fraction of sp³-hybridized carbons (Fsp3) is 0.333. The van der Waals surface area contributed by atoms with Gasteiger partial charge in [-0.25, -0.2) is 0 Å². The second-order valence-corrected chi connectivity index (χ2v) is 3.41. The summed E-state index contributed by atoms with van der Waals surface area (Å²) in [5.74, 6) is 1.15. The topological polar surface area (TPSA) is 12.9 Å². The van der Waals surface area contributed by atoms with Gasteiger partial charge in [0.15, 0.2) is 0 Å². The highest BCUT2D eigenvalue weighted by atomic mass is 32.2. The molecule has 0 N–H and O–H groups in total. The molecular weight excluding hydrogens is 154 g/mol. The zero-order valence-electron chi connectivity index (χ0n) is 6.49. The summed E-state index contributed by atoms with van der Waals surface area (Å²) >= 11 is 1.84. The third-order valence-electron chi connectivity index (χ3n) is 1.30. The quantitative estimate of drug-likeness (QED) is 0.504. The summed E-state index contributed by atoms with van der Waals surface area (Å²) in [6, 6.07) is 4.05. The number of pyridine rings is 1. The van der Waals surface area contributed by atoms with Gasteiger partial charge in [-0.15, -0.1) is 11.8 Å². The lowest BCUT2D eigenvalue weighted by atomic mass is 10.4. The van der Waals surface area contributed by atoms with E-state index >= 15 is 0 Å². The van der Waals surface area contributed by atoms with E-state index in [1.807, 2.05) is 24.0 Å². The van der Waals surface area contributed by atoms with Gasteiger partial charge in [0, 0.05) is 17.3 Å². The van der Waals surface area contributed by atoms with Crippen molar-refractivity contribution in [2.75, 3.05) is 5.75 Å². The van der Waals surface area contributed by atoms with Gasteiger partial charge in [0.2, 0.25) is 0 Å². The molecule has 0 spiro atoms. The van der Waals surface area contributed by atoms with Crippen molar-refractivity contribution in [3.05, 3.63) is 31.5 Å². The summed E-state index contributed by atoms with van der Waals surface area (Å²) in [6.45, 7) is 3.79. The van der Waals surface area contributed by atoms with Crippen molar-refractivity contribution in [3.8, 4) is 0 Å². The minimum atomic E-state index is 1.02. The Balaban J connectivity index is 2.28. The minimum Gasteiger partial charge on any atom is -0.264 e. The van der Waals surface area contributed by atoms with Crippen LogP contribution in [0.1, 0.15) is 12.8 Å². The minimum absolute atomic E-state index is 1.02. The molecule has 59 valence electrons. The Morgan fingerprint density at radius 2 is 2.45 bits per heavy atom. The maximum absolute atomic E-state index is 4.03. The van der Waals surface area contributed by atoms with Gasteiger partial charge >= 0.3 is 0 Å². The molecule has 1 rings (SSSR count). The van der Waals surface area contributed by atoms with Crippen LogP contribution in [-0.2, 0) is 0 Å². The maximum atomic E-state index is 4.03. The van der Waals surface area contributed by atoms with Gasteiger partial charge in [0.05, 0.1) is 0 Å². The monoisotopic (exact) mass is 166 g/mol. The van der Waals surface area contributed by atoms with Gasteiger partial charge in [0.1, 0.15) is 0 Å². The average Bonchev–Trinajstić information content (AvgIpc) is 2.07. The van der Waals surface area contributed by atoms with Crippen LogP contribution in [-0.4, -0.2) is 10.7 Å². The molecule has 1 aromatic rings. The highest BCUT2D eigenvalue weighted by Gasteiger charge is 1.90. The van der Waals surface area contributed by atoms with Gasteiger partial charge in [0.25, 0.3) is 0 Å². The van der Waals surface area contributed by atoms with Crippen molar-refractivity contribution in [2.24, 2.45) is 0 Å². The molecule has 0 aliphatic rings. The lowest BCUT2D eigenvalue weighted by Crippen LogP contribution is -1.78. The molecule has 1 aromatic heterocycles. The molecule has 1 radical (unpaired) electrons. The Bertz CT molecular complexity index is 186. The second-order valence-electron chi connectivity index (χ2n) is 2.24. The molecular formula is C9H12NS. The normalized spacial score (nSPS) is 9.91. The van der Waals surface area contributed by atoms with Crippen LogP contribution >= 0.6 is 11.8 Å². The zero-order valence-corrected chi connectivity index (χ0v) is 7.31. The van der Waals surface area contributed by atoms with Crippen molar-refractivity contribution >= 4 is 11.8 Å². The highest BCUT2D eigenvalue weighted by Crippen LogP contribution is 2.16. The zero-order chi connectivity index (χ0) is 7.94. The molecule has 1 nitrogen and oxygen atoms in total. The van der Waals surface area contributed by atoms with E-state index in [0.717, 1.165) is 12.2 Å². The van der Waals surface area contributed by atoms with Crippen LogP contribution in [0, 0.1) is 6.92 Å². The number of hydrogen-bond acceptors (Lipinski definition) is 2. The summed E-state index contributed by atoms with van der Waals surface area (Å²) in [6.07, 6.45) is 5.89. The Morgan fingerprint density at radius 3 is 3.09 bits per heavy atom. The Morgan fingerprint density at radius 1 is 1.55 bits per heavy atom. The van der Waals surface area contributed by atoms with Crippen molar-refractivity contribution < 1.29 is 0 Å². The van der Waals surface area contributed by atoms with Crippen molar-refractivity contribution in [2.45, 2.75) is 17.7 Å². The van der Waals surface area contributed by atoms with Crippen molar-refractivity contribution in [3.63, 3.8) is 0 Å². The number of rotatable bonds is 4. The van der Waals surface area contributed by atoms with Gasteiger partial charge in [-0.3, -0.25) is 4.98 Å². The summed E-state index contributed by atoms with van der Waals surface area (Å²) in [4.78, 5) is 5.28. The van der Waals surface area contributed by atoms with E-state index in [1.165, 1.54) is 11.3 Å². The van der Waals surface area contributed by atoms with E-state index < -0.39 is 0 Å². The van der Waals surface area contributed by atoms with Gasteiger partial charge < -0.3 is 0 Å². The largest absolute Gasteiger partial charge is 0.264 e. The molecule has 0 aliphatic heterocycles. The van der Waals surface area contributed by atoms with Crippen molar-refractivity contribution in [1.82, 2.24) is 4.98 Å². The molecule has 0 atom stereocenters. The van der Waals surface area contributed by atoms with Gasteiger partial charge in [-0.2, -0.15) is 0 Å². The van der Waals surface area contributed by atoms with E-state index in [1.54, 1.807) is 6.20 Å². The smallest absolute Gasteiger partial charge is 0.0403 e. The predicted octanol–water partition coefficient (Wildman–Crippen LogP) is 2.79. The first-order valence-corrected chi connectivity index (χ1v) is 4.74. The molecule has 0 amide bonds. The first-order valence-electron chi connectivity index (χ1n) is 3.75. The van der Waals surface area contributed by atoms with E-state index in [4.69, 9.17) is 0 Å². The Labute approximate surface area is 72.2 Å². The number of thioether (sulfide) groups is 1. The summed E-state index contributed by atoms with van der Waals surface area (Å²) < 4.78 is 0. The van der Waals surface area contributed by atoms with E-state index in [0.29, 0.717) is 0 Å². The molecule has 0 bridgehead atoms. The number of hydrogen-bond donors (Lipinski definition) is 0. The fourth-order valence-electron chi connectivity index (χ4n) is 0.725. The van der Waals surface area contributed by atoms with Crippen LogP contribution in [0.2, 0.25) is 0 Å². The molecule has 0 aliphatic carbocycles. The van der Waals surface area contributed by atoms with E-state index in [-0.39, 0.29) is 0 Å². The fourth-order valence-corrected chi connectivity index (χ4v) is 1.62. The molecule has 11 heavy (non-hydrogen) atoms. The van der Waals surface area contributed by atoms with Gasteiger partial charge in [-0.1, -0.05) is 13.3 Å². The van der Waals surface area contributed by atoms with Crippen LogP contribution < -0.4 is 0 Å². The third-order valence-corrected chi connectivity index (χ3v) is 2.37. The Hall–Kier alpha value is -0.500. The van der Waals surface area contributed by atoms with Gasteiger partial charge in [-0.05, 0) is 24.3 Å². The SMILES string of the molecule is [CH2]CCCSc1cccnc1. The van der Waals surface area contributed by atoms with Crippen molar-refractivity contribution in [1.29, 1.82) is 0 Å². The maximum Gasteiger partial charge on any atom is 0.0403 e. The lowest BCUT2D eigenvalue weighted by molar-refractivity contribution is 0.968. The van der Waals surface area contributed by atoms with E-state index in [2.05, 4.69) is 18.0 Å². The predicted molar refractivity (Wildman–Crippen MR) is 49.6 cm³/mol. The summed E-state index contributed by atoms with van der Waals surface area (Å²) in [5.41, 5.74) is 0. The average molecular weight is 166 g/mol. The van der Waals surface area contributed by atoms with Crippen LogP contribution in [0.5, 0.6) is 0 Å². The van der Waals surface area contributed by atoms with Crippen LogP contribution in [0.3, 0.4) is 0 Å². The summed E-state index contributed by atoms with van der Waals surface area (Å²) in [5, 5.41) is 0. The molecule has 2 heteroatoms. The second kappa shape index (κ2) is 5.19. The highest BCUT2D eigenvalue weighted by molar-refractivity contribution is 7.99.